The van der Waals surface area contributed by atoms with Crippen LogP contribution in [0.5, 0.6) is 0 Å². The first-order chi connectivity index (χ1) is 25.8. The summed E-state index contributed by atoms with van der Waals surface area (Å²) in [5.74, 6) is 0. The van der Waals surface area contributed by atoms with E-state index in [1.54, 1.807) is 0 Å². The van der Waals surface area contributed by atoms with Crippen molar-refractivity contribution >= 4 is 69.7 Å². The predicted octanol–water partition coefficient (Wildman–Crippen LogP) is 13.8. The third-order valence-electron chi connectivity index (χ3n) is 10.6. The fourth-order valence-electron chi connectivity index (χ4n) is 8.04. The van der Waals surface area contributed by atoms with Crippen molar-refractivity contribution in [2.75, 3.05) is 0 Å². The third kappa shape index (κ3) is 4.53. The van der Waals surface area contributed by atoms with E-state index in [0.29, 0.717) is 0 Å². The van der Waals surface area contributed by atoms with E-state index >= 15 is 0 Å². The molecule has 0 fully saturated rings. The second-order valence-corrected chi connectivity index (χ2v) is 14.6. The van der Waals surface area contributed by atoms with Gasteiger partial charge in [-0.05, 0) is 84.8 Å². The Morgan fingerprint density at radius 3 is 1.63 bits per heavy atom. The molecule has 3 aromatic heterocycles. The highest BCUT2D eigenvalue weighted by Gasteiger charge is 2.18. The molecule has 0 bridgehead atoms. The number of nitrogens with zero attached hydrogens (tertiary/aromatic N) is 2. The molecule has 0 radical (unpaired) electrons. The van der Waals surface area contributed by atoms with Gasteiger partial charge in [-0.1, -0.05) is 158 Å². The molecular formula is C49H30N2S. The number of imidazole rings is 1. The van der Waals surface area contributed by atoms with Crippen LogP contribution < -0.4 is 0 Å². The summed E-state index contributed by atoms with van der Waals surface area (Å²) in [6.07, 6.45) is 0. The van der Waals surface area contributed by atoms with E-state index in [2.05, 4.69) is 186 Å². The van der Waals surface area contributed by atoms with Gasteiger partial charge in [-0.25, -0.2) is 4.98 Å². The number of thiophene rings is 1. The van der Waals surface area contributed by atoms with Gasteiger partial charge < -0.3 is 0 Å². The van der Waals surface area contributed by atoms with E-state index in [1.807, 2.05) is 11.3 Å². The first-order valence-corrected chi connectivity index (χ1v) is 18.5. The topological polar surface area (TPSA) is 17.3 Å². The first-order valence-electron chi connectivity index (χ1n) is 17.7. The van der Waals surface area contributed by atoms with Gasteiger partial charge in [-0.3, -0.25) is 4.40 Å². The molecule has 11 aromatic rings. The molecule has 11 rings (SSSR count). The lowest BCUT2D eigenvalue weighted by atomic mass is 9.91. The van der Waals surface area contributed by atoms with Crippen LogP contribution >= 0.6 is 11.3 Å². The molecule has 52 heavy (non-hydrogen) atoms. The molecule has 0 spiro atoms. The zero-order chi connectivity index (χ0) is 34.2. The number of hydrogen-bond donors (Lipinski definition) is 0. The molecule has 8 aromatic carbocycles. The Morgan fingerprint density at radius 2 is 0.942 bits per heavy atom. The highest BCUT2D eigenvalue weighted by atomic mass is 32.1. The summed E-state index contributed by atoms with van der Waals surface area (Å²) < 4.78 is 4.89. The molecule has 0 atom stereocenters. The quantitative estimate of drug-likeness (QED) is 0.181. The van der Waals surface area contributed by atoms with Crippen molar-refractivity contribution < 1.29 is 0 Å². The maximum Gasteiger partial charge on any atom is 0.156 e. The molecule has 0 aliphatic carbocycles. The maximum absolute atomic E-state index is 5.30. The Morgan fingerprint density at radius 1 is 0.404 bits per heavy atom. The van der Waals surface area contributed by atoms with E-state index in [-0.39, 0.29) is 0 Å². The van der Waals surface area contributed by atoms with E-state index in [0.717, 1.165) is 27.9 Å². The Labute approximate surface area is 304 Å². The summed E-state index contributed by atoms with van der Waals surface area (Å²) in [5.41, 5.74) is 12.8. The smallest absolute Gasteiger partial charge is 0.156 e. The average Bonchev–Trinajstić information content (AvgIpc) is 3.78. The van der Waals surface area contributed by atoms with Crippen molar-refractivity contribution in [2.24, 2.45) is 0 Å². The highest BCUT2D eigenvalue weighted by molar-refractivity contribution is 7.26. The first kappa shape index (κ1) is 29.2. The Kier molecular flexibility index (Phi) is 6.46. The van der Waals surface area contributed by atoms with Gasteiger partial charge in [0.15, 0.2) is 5.65 Å². The summed E-state index contributed by atoms with van der Waals surface area (Å²) in [4.78, 5) is 5.30. The summed E-state index contributed by atoms with van der Waals surface area (Å²) in [7, 11) is 0. The van der Waals surface area contributed by atoms with Crippen LogP contribution in [0.25, 0.3) is 103 Å². The minimum absolute atomic E-state index is 1.02. The van der Waals surface area contributed by atoms with Crippen molar-refractivity contribution in [3.8, 4) is 44.6 Å². The van der Waals surface area contributed by atoms with Gasteiger partial charge >= 0.3 is 0 Å². The SMILES string of the molecule is c1ccc(-c2ccc(-c3ccc(-c4ccc(-c5cc6c7ccccc7sc6c6nc7cc8ccccc8cc7n56)cc4)c4ccccc34)cc2)cc1. The lowest BCUT2D eigenvalue weighted by molar-refractivity contribution is 1.25. The standard InChI is InChI=1S/C49H30N2S/c1-2-10-31(11-3-1)32-18-20-33(21-19-32)38-26-27-39(41-15-7-6-14-40(38)41)34-22-24-35(25-23-34)45-30-43-42-16-8-9-17-47(42)52-48(43)49-50-44-28-36-12-4-5-13-37(36)29-46(44)51(45)49/h1-30H. The summed E-state index contributed by atoms with van der Waals surface area (Å²) in [5, 5.41) is 7.47. The Hall–Kier alpha value is -6.55. The largest absolute Gasteiger partial charge is 0.291 e. The van der Waals surface area contributed by atoms with E-state index < -0.39 is 0 Å². The van der Waals surface area contributed by atoms with Crippen molar-refractivity contribution in [3.05, 3.63) is 182 Å². The third-order valence-corrected chi connectivity index (χ3v) is 11.8. The maximum atomic E-state index is 5.30. The van der Waals surface area contributed by atoms with Gasteiger partial charge in [-0.2, -0.15) is 0 Å². The number of aromatic nitrogens is 2. The van der Waals surface area contributed by atoms with Gasteiger partial charge in [0.1, 0.15) is 0 Å². The molecule has 0 amide bonds. The molecular weight excluding hydrogens is 649 g/mol. The fraction of sp³-hybridized carbons (Fsp3) is 0. The van der Waals surface area contributed by atoms with Crippen LogP contribution in [0.4, 0.5) is 0 Å². The molecule has 0 unspecified atom stereocenters. The summed E-state index contributed by atoms with van der Waals surface area (Å²) in [6, 6.07) is 66.2. The van der Waals surface area contributed by atoms with Crippen molar-refractivity contribution in [2.45, 2.75) is 0 Å². The highest BCUT2D eigenvalue weighted by Crippen LogP contribution is 2.42. The van der Waals surface area contributed by atoms with Crippen molar-refractivity contribution in [3.63, 3.8) is 0 Å². The van der Waals surface area contributed by atoms with Crippen LogP contribution in [0.15, 0.2) is 182 Å². The Balaban J connectivity index is 1.05. The number of benzene rings is 8. The van der Waals surface area contributed by atoms with Crippen LogP contribution in [0.3, 0.4) is 0 Å². The van der Waals surface area contributed by atoms with E-state index in [4.69, 9.17) is 4.98 Å². The molecule has 0 saturated carbocycles. The van der Waals surface area contributed by atoms with Crippen LogP contribution in [0.2, 0.25) is 0 Å². The zero-order valence-electron chi connectivity index (χ0n) is 28.1. The molecule has 0 saturated heterocycles. The van der Waals surface area contributed by atoms with Gasteiger partial charge in [0.05, 0.1) is 21.4 Å². The molecule has 0 aliphatic rings. The summed E-state index contributed by atoms with van der Waals surface area (Å²) in [6.45, 7) is 0. The number of fused-ring (bicyclic) bond motifs is 9. The molecule has 3 heteroatoms. The van der Waals surface area contributed by atoms with Crippen LogP contribution in [0.1, 0.15) is 0 Å². The Bertz CT molecular complexity index is 3150. The van der Waals surface area contributed by atoms with Crippen LogP contribution in [-0.2, 0) is 0 Å². The predicted molar refractivity (Wildman–Crippen MR) is 222 cm³/mol. The van der Waals surface area contributed by atoms with Gasteiger partial charge in [0, 0.05) is 15.5 Å². The van der Waals surface area contributed by atoms with Crippen LogP contribution in [0, 0.1) is 0 Å². The minimum atomic E-state index is 1.02. The molecule has 242 valence electrons. The lowest BCUT2D eigenvalue weighted by Crippen LogP contribution is -1.93. The molecule has 2 nitrogen and oxygen atoms in total. The van der Waals surface area contributed by atoms with E-state index in [9.17, 15) is 0 Å². The van der Waals surface area contributed by atoms with E-state index in [1.165, 1.54) is 75.1 Å². The second kappa shape index (κ2) is 11.5. The number of hydrogen-bond acceptors (Lipinski definition) is 2. The minimum Gasteiger partial charge on any atom is -0.291 e. The zero-order valence-corrected chi connectivity index (χ0v) is 28.9. The average molecular weight is 679 g/mol. The van der Waals surface area contributed by atoms with Crippen LogP contribution in [-0.4, -0.2) is 9.38 Å². The van der Waals surface area contributed by atoms with Gasteiger partial charge in [-0.15, -0.1) is 11.3 Å². The normalized spacial score (nSPS) is 11.8. The van der Waals surface area contributed by atoms with Gasteiger partial charge in [0.2, 0.25) is 0 Å². The van der Waals surface area contributed by atoms with Crippen molar-refractivity contribution in [1.82, 2.24) is 9.38 Å². The second-order valence-electron chi connectivity index (χ2n) is 13.6. The molecule has 0 N–H and O–H groups in total. The number of pyridine rings is 1. The lowest BCUT2D eigenvalue weighted by Gasteiger charge is -2.14. The summed E-state index contributed by atoms with van der Waals surface area (Å²) >= 11 is 1.83. The van der Waals surface area contributed by atoms with Crippen molar-refractivity contribution in [1.29, 1.82) is 0 Å². The fourth-order valence-corrected chi connectivity index (χ4v) is 9.21. The molecule has 0 aliphatic heterocycles. The monoisotopic (exact) mass is 678 g/mol. The number of rotatable bonds is 4. The molecule has 3 heterocycles. The van der Waals surface area contributed by atoms with Gasteiger partial charge in [0.25, 0.3) is 0 Å².